The molecule has 0 aliphatic rings. The average molecular weight is 524 g/mol. The summed E-state index contributed by atoms with van der Waals surface area (Å²) in [4.78, 5) is 16.4. The number of benzene rings is 2. The SMILES string of the molecule is O=C(CSc1n[nH]c(-c2ccncc2)[n+]1Cc1ccccc1)N/N=C/c1cc(Br)ccc1O. The summed E-state index contributed by atoms with van der Waals surface area (Å²) in [6, 6.07) is 18.8. The molecule has 0 saturated carbocycles. The van der Waals surface area contributed by atoms with E-state index in [1.165, 1.54) is 18.0 Å². The molecule has 0 bridgehead atoms. The highest BCUT2D eigenvalue weighted by molar-refractivity contribution is 9.10. The van der Waals surface area contributed by atoms with E-state index in [2.05, 4.69) is 41.6 Å². The molecule has 0 unspecified atom stereocenters. The van der Waals surface area contributed by atoms with Crippen LogP contribution >= 0.6 is 27.7 Å². The van der Waals surface area contributed by atoms with E-state index < -0.39 is 0 Å². The molecule has 2 heterocycles. The van der Waals surface area contributed by atoms with Crippen LogP contribution in [0.15, 0.2) is 87.8 Å². The molecule has 0 fully saturated rings. The number of amides is 1. The highest BCUT2D eigenvalue weighted by atomic mass is 79.9. The summed E-state index contributed by atoms with van der Waals surface area (Å²) < 4.78 is 2.83. The van der Waals surface area contributed by atoms with Crippen LogP contribution in [0.2, 0.25) is 0 Å². The number of aromatic nitrogens is 4. The molecule has 10 heteroatoms. The van der Waals surface area contributed by atoms with Gasteiger partial charge in [-0.15, -0.1) is 5.10 Å². The van der Waals surface area contributed by atoms with Gasteiger partial charge < -0.3 is 5.11 Å². The molecule has 2 aromatic heterocycles. The summed E-state index contributed by atoms with van der Waals surface area (Å²) in [5, 5.41) is 22.0. The number of rotatable bonds is 8. The van der Waals surface area contributed by atoms with Crippen LogP contribution in [0.1, 0.15) is 11.1 Å². The minimum Gasteiger partial charge on any atom is -0.507 e. The van der Waals surface area contributed by atoms with Crippen LogP contribution in [0.4, 0.5) is 0 Å². The van der Waals surface area contributed by atoms with E-state index in [1.54, 1.807) is 30.6 Å². The van der Waals surface area contributed by atoms with Crippen molar-refractivity contribution in [1.29, 1.82) is 0 Å². The third-order valence-electron chi connectivity index (χ3n) is 4.61. The van der Waals surface area contributed by atoms with Gasteiger partial charge in [-0.3, -0.25) is 9.78 Å². The molecule has 33 heavy (non-hydrogen) atoms. The normalized spacial score (nSPS) is 11.1. The summed E-state index contributed by atoms with van der Waals surface area (Å²) in [5.41, 5.74) is 5.04. The maximum atomic E-state index is 12.3. The fraction of sp³-hybridized carbons (Fsp3) is 0.0870. The van der Waals surface area contributed by atoms with E-state index >= 15 is 0 Å². The molecule has 4 aromatic rings. The van der Waals surface area contributed by atoms with Crippen LogP contribution in [0, 0.1) is 0 Å². The quantitative estimate of drug-likeness (QED) is 0.142. The smallest absolute Gasteiger partial charge is 0.337 e. The zero-order chi connectivity index (χ0) is 23.0. The number of carbonyl (C=O) groups excluding carboxylic acids is 1. The molecule has 166 valence electrons. The Labute approximate surface area is 202 Å². The minimum atomic E-state index is -0.287. The molecule has 1 amide bonds. The van der Waals surface area contributed by atoms with Gasteiger partial charge in [0.15, 0.2) is 0 Å². The molecule has 0 aliphatic heterocycles. The van der Waals surface area contributed by atoms with Gasteiger partial charge in [-0.25, -0.2) is 9.99 Å². The van der Waals surface area contributed by atoms with Gasteiger partial charge in [-0.2, -0.15) is 5.10 Å². The zero-order valence-corrected chi connectivity index (χ0v) is 19.8. The highest BCUT2D eigenvalue weighted by Gasteiger charge is 2.23. The molecule has 8 nitrogen and oxygen atoms in total. The maximum absolute atomic E-state index is 12.3. The Balaban J connectivity index is 1.46. The van der Waals surface area contributed by atoms with Crippen molar-refractivity contribution in [3.8, 4) is 17.1 Å². The second-order valence-corrected chi connectivity index (χ2v) is 8.81. The lowest BCUT2D eigenvalue weighted by molar-refractivity contribution is -0.714. The number of aromatic amines is 1. The Morgan fingerprint density at radius 1 is 1.18 bits per heavy atom. The maximum Gasteiger partial charge on any atom is 0.337 e. The van der Waals surface area contributed by atoms with Crippen LogP contribution in [-0.2, 0) is 11.3 Å². The Kier molecular flexibility index (Phi) is 7.48. The summed E-state index contributed by atoms with van der Waals surface area (Å²) in [5.74, 6) is 0.738. The molecule has 0 spiro atoms. The number of halogens is 1. The monoisotopic (exact) mass is 523 g/mol. The van der Waals surface area contributed by atoms with Crippen molar-refractivity contribution in [2.45, 2.75) is 11.7 Å². The van der Waals surface area contributed by atoms with Gasteiger partial charge in [0.25, 0.3) is 11.7 Å². The molecule has 0 saturated heterocycles. The second kappa shape index (κ2) is 10.9. The largest absolute Gasteiger partial charge is 0.507 e. The fourth-order valence-electron chi connectivity index (χ4n) is 3.04. The predicted octanol–water partition coefficient (Wildman–Crippen LogP) is 3.52. The van der Waals surface area contributed by atoms with Crippen LogP contribution < -0.4 is 9.99 Å². The molecular formula is C23H20BrN6O2S+. The summed E-state index contributed by atoms with van der Waals surface area (Å²) >= 11 is 4.64. The van der Waals surface area contributed by atoms with Crippen molar-refractivity contribution in [3.63, 3.8) is 0 Å². The Morgan fingerprint density at radius 2 is 1.97 bits per heavy atom. The number of pyridine rings is 1. The van der Waals surface area contributed by atoms with Crippen LogP contribution in [0.3, 0.4) is 0 Å². The Hall–Kier alpha value is -3.50. The molecule has 4 rings (SSSR count). The van der Waals surface area contributed by atoms with Gasteiger partial charge in [0.05, 0.1) is 29.2 Å². The number of hydrogen-bond acceptors (Lipinski definition) is 6. The minimum absolute atomic E-state index is 0.0766. The van der Waals surface area contributed by atoms with Crippen LogP contribution in [0.5, 0.6) is 5.75 Å². The third-order valence-corrected chi connectivity index (χ3v) is 6.08. The third kappa shape index (κ3) is 6.05. The average Bonchev–Trinajstić information content (AvgIpc) is 3.23. The fourth-order valence-corrected chi connectivity index (χ4v) is 4.16. The summed E-state index contributed by atoms with van der Waals surface area (Å²) in [6.07, 6.45) is 4.85. The van der Waals surface area contributed by atoms with E-state index in [9.17, 15) is 9.90 Å². The number of aromatic hydroxyl groups is 1. The number of nitrogens with zero attached hydrogens (tertiary/aromatic N) is 4. The van der Waals surface area contributed by atoms with Gasteiger partial charge in [0, 0.05) is 22.4 Å². The molecule has 0 atom stereocenters. The van der Waals surface area contributed by atoms with Gasteiger partial charge >= 0.3 is 5.16 Å². The molecule has 3 N–H and O–H groups in total. The predicted molar refractivity (Wildman–Crippen MR) is 130 cm³/mol. The van der Waals surface area contributed by atoms with Crippen LogP contribution in [-0.4, -0.2) is 38.2 Å². The lowest BCUT2D eigenvalue weighted by Gasteiger charge is -2.05. The number of hydrogen-bond donors (Lipinski definition) is 3. The van der Waals surface area contributed by atoms with Crippen LogP contribution in [0.25, 0.3) is 11.4 Å². The molecular weight excluding hydrogens is 504 g/mol. The van der Waals surface area contributed by atoms with Crippen molar-refractivity contribution in [1.82, 2.24) is 20.6 Å². The Bertz CT molecular complexity index is 1260. The topological polar surface area (TPSA) is 107 Å². The first kappa shape index (κ1) is 22.7. The second-order valence-electron chi connectivity index (χ2n) is 6.95. The lowest BCUT2D eigenvalue weighted by atomic mass is 10.2. The first-order valence-corrected chi connectivity index (χ1v) is 11.7. The standard InChI is InChI=1S/C23H19BrN6O2S/c24-19-6-7-20(31)18(12-19)13-26-27-21(32)15-33-23-29-28-22(17-8-10-25-11-9-17)30(23)14-16-4-2-1-3-5-16/h1-13H,14-15H2,(H2,25,26,27,28,31,32)/p+1. The highest BCUT2D eigenvalue weighted by Crippen LogP contribution is 2.20. The first-order valence-electron chi connectivity index (χ1n) is 9.96. The molecule has 0 aliphatic carbocycles. The number of phenols is 1. The van der Waals surface area contributed by atoms with E-state index in [-0.39, 0.29) is 17.4 Å². The van der Waals surface area contributed by atoms with Gasteiger partial charge in [0.1, 0.15) is 5.75 Å². The number of H-pyrrole nitrogens is 1. The van der Waals surface area contributed by atoms with E-state index in [0.29, 0.717) is 17.3 Å². The number of thioether (sulfide) groups is 1. The molecule has 0 radical (unpaired) electrons. The van der Waals surface area contributed by atoms with E-state index in [1.807, 2.05) is 47.0 Å². The van der Waals surface area contributed by atoms with E-state index in [4.69, 9.17) is 0 Å². The van der Waals surface area contributed by atoms with Crippen molar-refractivity contribution in [2.24, 2.45) is 5.10 Å². The van der Waals surface area contributed by atoms with Crippen molar-refractivity contribution in [3.05, 3.63) is 88.7 Å². The number of phenolic OH excluding ortho intramolecular Hbond substituents is 1. The zero-order valence-electron chi connectivity index (χ0n) is 17.4. The van der Waals surface area contributed by atoms with Gasteiger partial charge in [-0.05, 0) is 47.7 Å². The Morgan fingerprint density at radius 3 is 2.76 bits per heavy atom. The molecule has 2 aromatic carbocycles. The lowest BCUT2D eigenvalue weighted by Crippen LogP contribution is -2.37. The van der Waals surface area contributed by atoms with E-state index in [0.717, 1.165) is 21.4 Å². The summed E-state index contributed by atoms with van der Waals surface area (Å²) in [6.45, 7) is 0.596. The number of nitrogens with one attached hydrogen (secondary N) is 2. The summed E-state index contributed by atoms with van der Waals surface area (Å²) in [7, 11) is 0. The van der Waals surface area contributed by atoms with Crippen molar-refractivity contribution >= 4 is 39.8 Å². The van der Waals surface area contributed by atoms with Gasteiger partial charge in [0.2, 0.25) is 0 Å². The number of carbonyl (C=O) groups is 1. The van der Waals surface area contributed by atoms with Crippen molar-refractivity contribution < 1.29 is 14.5 Å². The van der Waals surface area contributed by atoms with Gasteiger partial charge in [-0.1, -0.05) is 46.3 Å². The number of hydrazone groups is 1. The first-order chi connectivity index (χ1) is 16.1. The van der Waals surface area contributed by atoms with Crippen molar-refractivity contribution in [2.75, 3.05) is 5.75 Å².